The Morgan fingerprint density at radius 2 is 1.17 bits per heavy atom. The monoisotopic (exact) mass is 301 g/mol. The molecule has 0 spiro atoms. The summed E-state index contributed by atoms with van der Waals surface area (Å²) < 4.78 is 0. The van der Waals surface area contributed by atoms with Crippen molar-refractivity contribution in [3.05, 3.63) is 83.9 Å². The Morgan fingerprint density at radius 1 is 0.783 bits per heavy atom. The predicted molar refractivity (Wildman–Crippen MR) is 90.1 cm³/mol. The summed E-state index contributed by atoms with van der Waals surface area (Å²) in [7, 11) is 0. The molecule has 0 heterocycles. The molecule has 0 radical (unpaired) electrons. The summed E-state index contributed by atoms with van der Waals surface area (Å²) in [5.41, 5.74) is 1.68. The van der Waals surface area contributed by atoms with Gasteiger partial charge in [-0.1, -0.05) is 72.8 Å². The van der Waals surface area contributed by atoms with Crippen LogP contribution in [0.4, 0.5) is 0 Å². The van der Waals surface area contributed by atoms with Crippen LogP contribution in [-0.2, 0) is 9.59 Å². The van der Waals surface area contributed by atoms with Gasteiger partial charge < -0.3 is 0 Å². The van der Waals surface area contributed by atoms with E-state index in [1.807, 2.05) is 60.7 Å². The lowest BCUT2D eigenvalue weighted by Gasteiger charge is -2.00. The molecule has 0 fully saturated rings. The number of nitrogens with zero attached hydrogens (tertiary/aromatic N) is 1. The van der Waals surface area contributed by atoms with Crippen molar-refractivity contribution in [2.45, 2.75) is 0 Å². The highest BCUT2D eigenvalue weighted by Gasteiger charge is 2.21. The fourth-order valence-electron chi connectivity index (χ4n) is 1.94. The Labute approximate surface area is 135 Å². The molecule has 0 amide bonds. The average Bonchev–Trinajstić information content (AvgIpc) is 2.60. The van der Waals surface area contributed by atoms with Crippen LogP contribution in [0, 0.1) is 17.2 Å². The van der Waals surface area contributed by atoms with Gasteiger partial charge in [0.1, 0.15) is 0 Å². The maximum Gasteiger partial charge on any atom is 0.180 e. The summed E-state index contributed by atoms with van der Waals surface area (Å²) in [5, 5.41) is 9.10. The van der Waals surface area contributed by atoms with E-state index in [1.54, 1.807) is 18.2 Å². The summed E-state index contributed by atoms with van der Waals surface area (Å²) in [5.74, 6) is -2.34. The molecule has 3 heteroatoms. The molecule has 0 aliphatic carbocycles. The van der Waals surface area contributed by atoms with Crippen LogP contribution in [0.1, 0.15) is 11.1 Å². The van der Waals surface area contributed by atoms with Crippen LogP contribution < -0.4 is 0 Å². The zero-order valence-corrected chi connectivity index (χ0v) is 12.4. The van der Waals surface area contributed by atoms with Crippen molar-refractivity contribution in [1.29, 1.82) is 5.26 Å². The van der Waals surface area contributed by atoms with Gasteiger partial charge in [-0.15, -0.1) is 0 Å². The highest BCUT2D eigenvalue weighted by Crippen LogP contribution is 2.08. The van der Waals surface area contributed by atoms with Gasteiger partial charge in [0, 0.05) is 0 Å². The van der Waals surface area contributed by atoms with E-state index in [9.17, 15) is 9.59 Å². The second-order valence-corrected chi connectivity index (χ2v) is 4.85. The number of hydrogen-bond donors (Lipinski definition) is 0. The van der Waals surface area contributed by atoms with E-state index in [-0.39, 0.29) is 0 Å². The van der Waals surface area contributed by atoms with E-state index in [1.165, 1.54) is 12.2 Å². The van der Waals surface area contributed by atoms with E-state index >= 15 is 0 Å². The fraction of sp³-hybridized carbons (Fsp3) is 0.0500. The van der Waals surface area contributed by atoms with Crippen molar-refractivity contribution in [2.75, 3.05) is 0 Å². The first-order valence-electron chi connectivity index (χ1n) is 7.14. The number of allylic oxidation sites excluding steroid dienone is 2. The standard InChI is InChI=1S/C20H15NO2/c21-15-18(19(22)13-11-16-7-3-1-4-8-16)20(23)14-12-17-9-5-2-6-10-17/h1-14,18H/b13-11+,14-12+. The molecular formula is C20H15NO2. The number of ketones is 2. The Balaban J connectivity index is 2.05. The van der Waals surface area contributed by atoms with Gasteiger partial charge in [0.2, 0.25) is 0 Å². The molecule has 0 aromatic heterocycles. The Kier molecular flexibility index (Phi) is 5.79. The first-order valence-corrected chi connectivity index (χ1v) is 7.14. The second-order valence-electron chi connectivity index (χ2n) is 4.85. The lowest BCUT2D eigenvalue weighted by Crippen LogP contribution is -2.19. The molecule has 0 unspecified atom stereocenters. The zero-order valence-electron chi connectivity index (χ0n) is 12.4. The van der Waals surface area contributed by atoms with Crippen LogP contribution in [0.15, 0.2) is 72.8 Å². The molecule has 0 aliphatic rings. The maximum atomic E-state index is 12.0. The molecule has 0 atom stereocenters. The smallest absolute Gasteiger partial charge is 0.180 e. The average molecular weight is 301 g/mol. The van der Waals surface area contributed by atoms with Crippen molar-refractivity contribution in [1.82, 2.24) is 0 Å². The molecule has 0 N–H and O–H groups in total. The molecular weight excluding hydrogens is 286 g/mol. The minimum Gasteiger partial charge on any atom is -0.293 e. The van der Waals surface area contributed by atoms with E-state index in [0.717, 1.165) is 11.1 Å². The summed E-state index contributed by atoms with van der Waals surface area (Å²) >= 11 is 0. The largest absolute Gasteiger partial charge is 0.293 e. The first-order chi connectivity index (χ1) is 11.2. The highest BCUT2D eigenvalue weighted by atomic mass is 16.1. The molecule has 0 saturated heterocycles. The number of hydrogen-bond acceptors (Lipinski definition) is 3. The molecule has 2 aromatic rings. The van der Waals surface area contributed by atoms with Gasteiger partial charge in [0.25, 0.3) is 0 Å². The highest BCUT2D eigenvalue weighted by molar-refractivity contribution is 6.15. The van der Waals surface area contributed by atoms with E-state index in [0.29, 0.717) is 0 Å². The van der Waals surface area contributed by atoms with Gasteiger partial charge in [-0.2, -0.15) is 5.26 Å². The van der Waals surface area contributed by atoms with E-state index < -0.39 is 17.5 Å². The van der Waals surface area contributed by atoms with Crippen molar-refractivity contribution >= 4 is 23.7 Å². The third-order valence-electron chi connectivity index (χ3n) is 3.18. The summed E-state index contributed by atoms with van der Waals surface area (Å²) in [4.78, 5) is 24.1. The molecule has 0 aliphatic heterocycles. The predicted octanol–water partition coefficient (Wildman–Crippen LogP) is 3.69. The van der Waals surface area contributed by atoms with E-state index in [4.69, 9.17) is 5.26 Å². The van der Waals surface area contributed by atoms with E-state index in [2.05, 4.69) is 0 Å². The zero-order chi connectivity index (χ0) is 16.5. The van der Waals surface area contributed by atoms with Gasteiger partial charge in [-0.05, 0) is 23.3 Å². The number of benzene rings is 2. The van der Waals surface area contributed by atoms with Crippen LogP contribution in [0.25, 0.3) is 12.2 Å². The van der Waals surface area contributed by atoms with Gasteiger partial charge in [0.05, 0.1) is 6.07 Å². The SMILES string of the molecule is N#CC(C(=O)/C=C/c1ccccc1)C(=O)/C=C/c1ccccc1. The Morgan fingerprint density at radius 3 is 1.52 bits per heavy atom. The molecule has 0 bridgehead atoms. The van der Waals surface area contributed by atoms with Crippen LogP contribution in [0.2, 0.25) is 0 Å². The molecule has 112 valence electrons. The Bertz CT molecular complexity index is 707. The molecule has 3 nitrogen and oxygen atoms in total. The minimum absolute atomic E-state index is 0.515. The van der Waals surface area contributed by atoms with Crippen molar-refractivity contribution < 1.29 is 9.59 Å². The third-order valence-corrected chi connectivity index (χ3v) is 3.18. The van der Waals surface area contributed by atoms with Crippen molar-refractivity contribution in [2.24, 2.45) is 5.92 Å². The Hall–Kier alpha value is -3.25. The van der Waals surface area contributed by atoms with Crippen LogP contribution in [0.3, 0.4) is 0 Å². The number of carbonyl (C=O) groups excluding carboxylic acids is 2. The maximum absolute atomic E-state index is 12.0. The molecule has 23 heavy (non-hydrogen) atoms. The number of carbonyl (C=O) groups is 2. The van der Waals surface area contributed by atoms with Gasteiger partial charge in [-0.25, -0.2) is 0 Å². The van der Waals surface area contributed by atoms with Crippen molar-refractivity contribution in [3.8, 4) is 6.07 Å². The van der Waals surface area contributed by atoms with Crippen molar-refractivity contribution in [3.63, 3.8) is 0 Å². The van der Waals surface area contributed by atoms with Gasteiger partial charge in [-0.3, -0.25) is 9.59 Å². The second kappa shape index (κ2) is 8.26. The van der Waals surface area contributed by atoms with Crippen LogP contribution >= 0.6 is 0 Å². The quantitative estimate of drug-likeness (QED) is 0.604. The summed E-state index contributed by atoms with van der Waals surface area (Å²) in [6.45, 7) is 0. The summed E-state index contributed by atoms with van der Waals surface area (Å²) in [6.07, 6.45) is 5.75. The first kappa shape index (κ1) is 16.1. The normalized spacial score (nSPS) is 11.0. The number of rotatable bonds is 6. The number of nitriles is 1. The summed E-state index contributed by atoms with van der Waals surface area (Å²) in [6, 6.07) is 20.2. The fourth-order valence-corrected chi connectivity index (χ4v) is 1.94. The minimum atomic E-state index is -1.31. The van der Waals surface area contributed by atoms with Crippen LogP contribution in [-0.4, -0.2) is 11.6 Å². The molecule has 2 aromatic carbocycles. The third kappa shape index (κ3) is 4.90. The van der Waals surface area contributed by atoms with Gasteiger partial charge in [0.15, 0.2) is 17.5 Å². The molecule has 2 rings (SSSR count). The lowest BCUT2D eigenvalue weighted by molar-refractivity contribution is -0.125. The lowest BCUT2D eigenvalue weighted by atomic mass is 9.98. The van der Waals surface area contributed by atoms with Crippen LogP contribution in [0.5, 0.6) is 0 Å². The molecule has 0 saturated carbocycles. The topological polar surface area (TPSA) is 57.9 Å². The van der Waals surface area contributed by atoms with Gasteiger partial charge >= 0.3 is 0 Å².